The summed E-state index contributed by atoms with van der Waals surface area (Å²) in [6, 6.07) is 6.06. The van der Waals surface area contributed by atoms with Gasteiger partial charge >= 0.3 is 0 Å². The molecule has 16 heavy (non-hydrogen) atoms. The molecule has 3 nitrogen and oxygen atoms in total. The highest BCUT2D eigenvalue weighted by Crippen LogP contribution is 2.30. The van der Waals surface area contributed by atoms with Gasteiger partial charge < -0.3 is 10.7 Å². The Bertz CT molecular complexity index is 505. The molecule has 1 atom stereocenters. The number of fused-ring (bicyclic) bond motifs is 1. The van der Waals surface area contributed by atoms with Crippen LogP contribution in [0, 0.1) is 12.3 Å². The third-order valence-electron chi connectivity index (χ3n) is 2.96. The van der Waals surface area contributed by atoms with Gasteiger partial charge in [0, 0.05) is 0 Å². The van der Waals surface area contributed by atoms with Gasteiger partial charge in [-0.25, -0.2) is 4.98 Å². The summed E-state index contributed by atoms with van der Waals surface area (Å²) < 4.78 is 0. The van der Waals surface area contributed by atoms with Crippen molar-refractivity contribution in [1.29, 1.82) is 0 Å². The van der Waals surface area contributed by atoms with Gasteiger partial charge in [-0.05, 0) is 24.0 Å². The molecule has 0 bridgehead atoms. The lowest BCUT2D eigenvalue weighted by atomic mass is 9.87. The molecular formula is C13H19N3. The van der Waals surface area contributed by atoms with E-state index in [2.05, 4.69) is 43.7 Å². The summed E-state index contributed by atoms with van der Waals surface area (Å²) in [5.74, 6) is 0.872. The predicted octanol–water partition coefficient (Wildman–Crippen LogP) is 2.92. The van der Waals surface area contributed by atoms with Crippen molar-refractivity contribution in [2.45, 2.75) is 33.7 Å². The van der Waals surface area contributed by atoms with Crippen LogP contribution in [0.2, 0.25) is 0 Å². The molecular weight excluding hydrogens is 198 g/mol. The molecule has 0 aliphatic heterocycles. The minimum atomic E-state index is -0.0701. The number of rotatable bonds is 1. The van der Waals surface area contributed by atoms with Gasteiger partial charge in [0.15, 0.2) is 0 Å². The van der Waals surface area contributed by atoms with Crippen LogP contribution in [-0.4, -0.2) is 9.97 Å². The maximum absolute atomic E-state index is 6.19. The van der Waals surface area contributed by atoms with E-state index in [0.29, 0.717) is 0 Å². The number of aryl methyl sites for hydroxylation is 1. The molecule has 3 N–H and O–H groups in total. The molecule has 1 aromatic carbocycles. The zero-order valence-electron chi connectivity index (χ0n) is 10.3. The van der Waals surface area contributed by atoms with Crippen LogP contribution in [0.4, 0.5) is 0 Å². The third kappa shape index (κ3) is 1.83. The highest BCUT2D eigenvalue weighted by molar-refractivity contribution is 5.78. The van der Waals surface area contributed by atoms with E-state index in [0.717, 1.165) is 16.9 Å². The summed E-state index contributed by atoms with van der Waals surface area (Å²) in [6.45, 7) is 8.43. The van der Waals surface area contributed by atoms with Crippen molar-refractivity contribution in [3.05, 3.63) is 29.6 Å². The second-order valence-electron chi connectivity index (χ2n) is 5.44. The van der Waals surface area contributed by atoms with E-state index >= 15 is 0 Å². The number of hydrogen-bond acceptors (Lipinski definition) is 2. The number of aromatic nitrogens is 2. The molecule has 0 aliphatic carbocycles. The van der Waals surface area contributed by atoms with Gasteiger partial charge in [-0.1, -0.05) is 32.9 Å². The zero-order valence-corrected chi connectivity index (χ0v) is 10.3. The van der Waals surface area contributed by atoms with E-state index < -0.39 is 0 Å². The molecule has 0 radical (unpaired) electrons. The number of aromatic amines is 1. The third-order valence-corrected chi connectivity index (χ3v) is 2.96. The lowest BCUT2D eigenvalue weighted by Crippen LogP contribution is -2.27. The summed E-state index contributed by atoms with van der Waals surface area (Å²) >= 11 is 0. The van der Waals surface area contributed by atoms with Crippen LogP contribution in [-0.2, 0) is 0 Å². The van der Waals surface area contributed by atoms with E-state index in [1.165, 1.54) is 5.56 Å². The lowest BCUT2D eigenvalue weighted by molar-refractivity contribution is 0.317. The molecule has 1 aromatic heterocycles. The fraction of sp³-hybridized carbons (Fsp3) is 0.462. The van der Waals surface area contributed by atoms with Gasteiger partial charge in [-0.2, -0.15) is 0 Å². The average molecular weight is 217 g/mol. The normalized spacial score (nSPS) is 14.3. The van der Waals surface area contributed by atoms with Crippen molar-refractivity contribution >= 4 is 11.0 Å². The van der Waals surface area contributed by atoms with E-state index in [4.69, 9.17) is 5.73 Å². The van der Waals surface area contributed by atoms with Crippen molar-refractivity contribution in [1.82, 2.24) is 9.97 Å². The van der Waals surface area contributed by atoms with E-state index in [1.807, 2.05) is 12.1 Å². The first kappa shape index (κ1) is 11.1. The summed E-state index contributed by atoms with van der Waals surface area (Å²) in [4.78, 5) is 7.90. The van der Waals surface area contributed by atoms with E-state index in [9.17, 15) is 0 Å². The van der Waals surface area contributed by atoms with Crippen LogP contribution < -0.4 is 5.73 Å². The number of nitrogens with zero attached hydrogens (tertiary/aromatic N) is 1. The number of hydrogen-bond donors (Lipinski definition) is 2. The molecule has 0 aliphatic rings. The Hall–Kier alpha value is -1.35. The SMILES string of the molecule is Cc1cccc2[nH]c(C(N)C(C)(C)C)nc12. The van der Waals surface area contributed by atoms with Crippen molar-refractivity contribution in [2.75, 3.05) is 0 Å². The Labute approximate surface area is 96.1 Å². The molecule has 1 heterocycles. The zero-order chi connectivity index (χ0) is 11.9. The molecule has 0 fully saturated rings. The first-order valence-electron chi connectivity index (χ1n) is 5.60. The minimum Gasteiger partial charge on any atom is -0.341 e. The summed E-state index contributed by atoms with van der Waals surface area (Å²) in [5, 5.41) is 0. The predicted molar refractivity (Wildman–Crippen MR) is 67.2 cm³/mol. The quantitative estimate of drug-likeness (QED) is 0.771. The number of H-pyrrole nitrogens is 1. The Balaban J connectivity index is 2.52. The smallest absolute Gasteiger partial charge is 0.124 e. The Morgan fingerprint density at radius 2 is 2.00 bits per heavy atom. The standard InChI is InChI=1S/C13H19N3/c1-8-6-5-7-9-10(8)16-12(15-9)11(14)13(2,3)4/h5-7,11H,14H2,1-4H3,(H,15,16). The van der Waals surface area contributed by atoms with Crippen LogP contribution in [0.3, 0.4) is 0 Å². The average Bonchev–Trinajstić information content (AvgIpc) is 2.60. The van der Waals surface area contributed by atoms with Crippen LogP contribution in [0.5, 0.6) is 0 Å². The molecule has 86 valence electrons. The van der Waals surface area contributed by atoms with Crippen molar-refractivity contribution in [3.63, 3.8) is 0 Å². The van der Waals surface area contributed by atoms with Gasteiger partial charge in [0.1, 0.15) is 5.82 Å². The lowest BCUT2D eigenvalue weighted by Gasteiger charge is -2.24. The Morgan fingerprint density at radius 1 is 1.31 bits per heavy atom. The molecule has 0 saturated heterocycles. The Morgan fingerprint density at radius 3 is 2.56 bits per heavy atom. The summed E-state index contributed by atoms with van der Waals surface area (Å²) in [6.07, 6.45) is 0. The molecule has 2 rings (SSSR count). The van der Waals surface area contributed by atoms with Crippen molar-refractivity contribution < 1.29 is 0 Å². The van der Waals surface area contributed by atoms with E-state index in [-0.39, 0.29) is 11.5 Å². The van der Waals surface area contributed by atoms with Crippen LogP contribution in [0.25, 0.3) is 11.0 Å². The second kappa shape index (κ2) is 3.59. The maximum atomic E-state index is 6.19. The minimum absolute atomic E-state index is 0.0157. The highest BCUT2D eigenvalue weighted by Gasteiger charge is 2.25. The fourth-order valence-corrected chi connectivity index (χ4v) is 1.75. The first-order chi connectivity index (χ1) is 7.39. The van der Waals surface area contributed by atoms with Gasteiger partial charge in [0.2, 0.25) is 0 Å². The summed E-state index contributed by atoms with van der Waals surface area (Å²) in [5.41, 5.74) is 9.48. The Kier molecular flexibility index (Phi) is 2.50. The van der Waals surface area contributed by atoms with Gasteiger partial charge in [0.05, 0.1) is 17.1 Å². The first-order valence-corrected chi connectivity index (χ1v) is 5.60. The number of nitrogens with two attached hydrogens (primary N) is 1. The van der Waals surface area contributed by atoms with Crippen molar-refractivity contribution in [2.24, 2.45) is 11.1 Å². The molecule has 0 amide bonds. The van der Waals surface area contributed by atoms with Crippen LogP contribution >= 0.6 is 0 Å². The monoisotopic (exact) mass is 217 g/mol. The van der Waals surface area contributed by atoms with Gasteiger partial charge in [-0.15, -0.1) is 0 Å². The van der Waals surface area contributed by atoms with Crippen molar-refractivity contribution in [3.8, 4) is 0 Å². The number of para-hydroxylation sites is 1. The molecule has 2 aromatic rings. The van der Waals surface area contributed by atoms with Crippen LogP contribution in [0.1, 0.15) is 38.2 Å². The number of imidazole rings is 1. The van der Waals surface area contributed by atoms with Gasteiger partial charge in [-0.3, -0.25) is 0 Å². The molecule has 0 spiro atoms. The highest BCUT2D eigenvalue weighted by atomic mass is 15.0. The number of nitrogens with one attached hydrogen (secondary N) is 1. The van der Waals surface area contributed by atoms with E-state index in [1.54, 1.807) is 0 Å². The fourth-order valence-electron chi connectivity index (χ4n) is 1.75. The van der Waals surface area contributed by atoms with Crippen LogP contribution in [0.15, 0.2) is 18.2 Å². The summed E-state index contributed by atoms with van der Waals surface area (Å²) in [7, 11) is 0. The molecule has 3 heteroatoms. The largest absolute Gasteiger partial charge is 0.341 e. The molecule has 1 unspecified atom stereocenters. The molecule has 0 saturated carbocycles. The topological polar surface area (TPSA) is 54.7 Å². The number of benzene rings is 1. The maximum Gasteiger partial charge on any atom is 0.124 e. The van der Waals surface area contributed by atoms with Gasteiger partial charge in [0.25, 0.3) is 0 Å². The second-order valence-corrected chi connectivity index (χ2v) is 5.44.